The second-order valence-electron chi connectivity index (χ2n) is 5.80. The van der Waals surface area contributed by atoms with E-state index in [4.69, 9.17) is 4.74 Å². The fourth-order valence-corrected chi connectivity index (χ4v) is 3.05. The molecule has 1 aromatic carbocycles. The SMILES string of the molecule is O=C(COc1ccccc1F)NC(CCO)C1CCCCC1. The summed E-state index contributed by atoms with van der Waals surface area (Å²) < 4.78 is 18.6. The number of carbonyl (C=O) groups excluding carboxylic acids is 1. The van der Waals surface area contributed by atoms with Gasteiger partial charge in [-0.2, -0.15) is 0 Å². The van der Waals surface area contributed by atoms with E-state index in [1.54, 1.807) is 12.1 Å². The first-order valence-corrected chi connectivity index (χ1v) is 7.98. The van der Waals surface area contributed by atoms with E-state index in [9.17, 15) is 14.3 Å². The minimum atomic E-state index is -0.477. The largest absolute Gasteiger partial charge is 0.481 e. The van der Waals surface area contributed by atoms with Gasteiger partial charge in [-0.1, -0.05) is 31.4 Å². The average Bonchev–Trinajstić information content (AvgIpc) is 2.54. The van der Waals surface area contributed by atoms with Gasteiger partial charge in [0.15, 0.2) is 18.2 Å². The molecule has 1 aromatic rings. The number of ether oxygens (including phenoxy) is 1. The average molecular weight is 309 g/mol. The highest BCUT2D eigenvalue weighted by Gasteiger charge is 2.24. The third-order valence-corrected chi connectivity index (χ3v) is 4.20. The van der Waals surface area contributed by atoms with Crippen LogP contribution in [0.25, 0.3) is 0 Å². The summed E-state index contributed by atoms with van der Waals surface area (Å²) in [6, 6.07) is 6.00. The van der Waals surface area contributed by atoms with Gasteiger partial charge in [-0.25, -0.2) is 4.39 Å². The Morgan fingerprint density at radius 1 is 1.32 bits per heavy atom. The zero-order valence-corrected chi connectivity index (χ0v) is 12.8. The number of nitrogens with one attached hydrogen (secondary N) is 1. The van der Waals surface area contributed by atoms with Crippen LogP contribution in [-0.4, -0.2) is 30.3 Å². The van der Waals surface area contributed by atoms with Crippen molar-refractivity contribution in [1.29, 1.82) is 0 Å². The quantitative estimate of drug-likeness (QED) is 0.814. The van der Waals surface area contributed by atoms with Gasteiger partial charge in [-0.05, 0) is 37.3 Å². The molecule has 1 aliphatic carbocycles. The summed E-state index contributed by atoms with van der Waals surface area (Å²) in [5.41, 5.74) is 0. The van der Waals surface area contributed by atoms with Crippen LogP contribution < -0.4 is 10.1 Å². The molecule has 22 heavy (non-hydrogen) atoms. The number of hydrogen-bond acceptors (Lipinski definition) is 3. The molecule has 5 heteroatoms. The standard InChI is InChI=1S/C17H24FNO3/c18-14-8-4-5-9-16(14)22-12-17(21)19-15(10-11-20)13-6-2-1-3-7-13/h4-5,8-9,13,15,20H,1-3,6-7,10-12H2,(H,19,21). The molecular formula is C17H24FNO3. The third kappa shape index (κ3) is 4.98. The van der Waals surface area contributed by atoms with E-state index in [1.165, 1.54) is 31.4 Å². The predicted molar refractivity (Wildman–Crippen MR) is 82.1 cm³/mol. The molecule has 1 saturated carbocycles. The van der Waals surface area contributed by atoms with Gasteiger partial charge in [0.05, 0.1) is 0 Å². The van der Waals surface area contributed by atoms with Crippen LogP contribution in [0.3, 0.4) is 0 Å². The summed E-state index contributed by atoms with van der Waals surface area (Å²) in [7, 11) is 0. The van der Waals surface area contributed by atoms with E-state index in [2.05, 4.69) is 5.32 Å². The number of aliphatic hydroxyl groups excluding tert-OH is 1. The van der Waals surface area contributed by atoms with E-state index in [-0.39, 0.29) is 30.9 Å². The number of hydrogen-bond donors (Lipinski definition) is 2. The minimum Gasteiger partial charge on any atom is -0.481 e. The number of para-hydroxylation sites is 1. The predicted octanol–water partition coefficient (Wildman–Crippen LogP) is 2.65. The van der Waals surface area contributed by atoms with Gasteiger partial charge >= 0.3 is 0 Å². The molecule has 0 spiro atoms. The molecule has 0 aliphatic heterocycles. The summed E-state index contributed by atoms with van der Waals surface area (Å²) in [5.74, 6) is -0.255. The number of rotatable bonds is 7. The van der Waals surface area contributed by atoms with E-state index in [0.29, 0.717) is 12.3 Å². The van der Waals surface area contributed by atoms with Crippen molar-refractivity contribution in [3.8, 4) is 5.75 Å². The van der Waals surface area contributed by atoms with Crippen molar-refractivity contribution in [2.75, 3.05) is 13.2 Å². The molecule has 1 amide bonds. The summed E-state index contributed by atoms with van der Waals surface area (Å²) in [5, 5.41) is 12.1. The fraction of sp³-hybridized carbons (Fsp3) is 0.588. The van der Waals surface area contributed by atoms with Crippen molar-refractivity contribution in [2.45, 2.75) is 44.6 Å². The maximum absolute atomic E-state index is 13.4. The lowest BCUT2D eigenvalue weighted by atomic mass is 9.83. The Morgan fingerprint density at radius 3 is 2.73 bits per heavy atom. The molecule has 0 heterocycles. The molecule has 4 nitrogen and oxygen atoms in total. The van der Waals surface area contributed by atoms with Crippen LogP contribution in [0.1, 0.15) is 38.5 Å². The van der Waals surface area contributed by atoms with Crippen molar-refractivity contribution < 1.29 is 19.0 Å². The molecule has 0 radical (unpaired) electrons. The molecule has 0 bridgehead atoms. The van der Waals surface area contributed by atoms with Crippen LogP contribution in [-0.2, 0) is 4.79 Å². The first kappa shape index (κ1) is 16.7. The summed E-state index contributed by atoms with van der Waals surface area (Å²) in [4.78, 5) is 12.0. The van der Waals surface area contributed by atoms with Gasteiger partial charge in [-0.15, -0.1) is 0 Å². The Balaban J connectivity index is 1.84. The van der Waals surface area contributed by atoms with Crippen LogP contribution in [0.2, 0.25) is 0 Å². The van der Waals surface area contributed by atoms with Gasteiger partial charge in [0, 0.05) is 12.6 Å². The van der Waals surface area contributed by atoms with Crippen LogP contribution in [0.15, 0.2) is 24.3 Å². The van der Waals surface area contributed by atoms with Crippen molar-refractivity contribution >= 4 is 5.91 Å². The minimum absolute atomic E-state index is 0.0259. The number of benzene rings is 1. The first-order chi connectivity index (χ1) is 10.7. The maximum atomic E-state index is 13.4. The normalized spacial score (nSPS) is 17.0. The Labute approximate surface area is 130 Å². The summed E-state index contributed by atoms with van der Waals surface area (Å²) in [6.45, 7) is -0.162. The molecule has 2 N–H and O–H groups in total. The van der Waals surface area contributed by atoms with E-state index in [0.717, 1.165) is 12.8 Å². The number of aliphatic hydroxyl groups is 1. The van der Waals surface area contributed by atoms with Gasteiger partial charge in [0.25, 0.3) is 5.91 Å². The van der Waals surface area contributed by atoms with E-state index >= 15 is 0 Å². The topological polar surface area (TPSA) is 58.6 Å². The fourth-order valence-electron chi connectivity index (χ4n) is 3.05. The van der Waals surface area contributed by atoms with Crippen molar-refractivity contribution in [3.63, 3.8) is 0 Å². The highest BCUT2D eigenvalue weighted by Crippen LogP contribution is 2.27. The molecule has 122 valence electrons. The molecule has 2 rings (SSSR count). The first-order valence-electron chi connectivity index (χ1n) is 7.98. The Hall–Kier alpha value is -1.62. The molecule has 1 unspecified atom stereocenters. The highest BCUT2D eigenvalue weighted by atomic mass is 19.1. The number of halogens is 1. The molecule has 1 aliphatic rings. The Bertz CT molecular complexity index is 475. The number of carbonyl (C=O) groups is 1. The smallest absolute Gasteiger partial charge is 0.258 e. The second-order valence-corrected chi connectivity index (χ2v) is 5.80. The van der Waals surface area contributed by atoms with Crippen LogP contribution in [0, 0.1) is 11.7 Å². The zero-order valence-electron chi connectivity index (χ0n) is 12.8. The van der Waals surface area contributed by atoms with E-state index < -0.39 is 5.82 Å². The number of amides is 1. The van der Waals surface area contributed by atoms with Crippen molar-refractivity contribution in [2.24, 2.45) is 5.92 Å². The Morgan fingerprint density at radius 2 is 2.05 bits per heavy atom. The summed E-state index contributed by atoms with van der Waals surface area (Å²) >= 11 is 0. The van der Waals surface area contributed by atoms with Crippen LogP contribution in [0.5, 0.6) is 5.75 Å². The van der Waals surface area contributed by atoms with Gasteiger partial charge < -0.3 is 15.2 Å². The van der Waals surface area contributed by atoms with Crippen molar-refractivity contribution in [3.05, 3.63) is 30.1 Å². The van der Waals surface area contributed by atoms with Crippen LogP contribution in [0.4, 0.5) is 4.39 Å². The van der Waals surface area contributed by atoms with Crippen LogP contribution >= 0.6 is 0 Å². The monoisotopic (exact) mass is 309 g/mol. The molecule has 0 aromatic heterocycles. The van der Waals surface area contributed by atoms with Gasteiger partial charge in [0.1, 0.15) is 0 Å². The maximum Gasteiger partial charge on any atom is 0.258 e. The second kappa shape index (κ2) is 8.73. The lowest BCUT2D eigenvalue weighted by Gasteiger charge is -2.30. The molecular weight excluding hydrogens is 285 g/mol. The van der Waals surface area contributed by atoms with Crippen molar-refractivity contribution in [1.82, 2.24) is 5.32 Å². The van der Waals surface area contributed by atoms with Gasteiger partial charge in [-0.3, -0.25) is 4.79 Å². The zero-order chi connectivity index (χ0) is 15.8. The molecule has 1 atom stereocenters. The van der Waals surface area contributed by atoms with E-state index in [1.807, 2.05) is 0 Å². The molecule has 0 saturated heterocycles. The molecule has 1 fully saturated rings. The third-order valence-electron chi connectivity index (χ3n) is 4.20. The highest BCUT2D eigenvalue weighted by molar-refractivity contribution is 5.77. The van der Waals surface area contributed by atoms with Gasteiger partial charge in [0.2, 0.25) is 0 Å². The lowest BCUT2D eigenvalue weighted by Crippen LogP contribution is -2.43. The lowest BCUT2D eigenvalue weighted by molar-refractivity contribution is -0.124. The Kier molecular flexibility index (Phi) is 6.65. The summed E-state index contributed by atoms with van der Waals surface area (Å²) in [6.07, 6.45) is 6.31.